The van der Waals surface area contributed by atoms with Crippen LogP contribution in [-0.2, 0) is 13.1 Å². The summed E-state index contributed by atoms with van der Waals surface area (Å²) >= 11 is 0. The molecule has 0 aliphatic heterocycles. The second-order valence-electron chi connectivity index (χ2n) is 7.43. The van der Waals surface area contributed by atoms with Crippen LogP contribution in [0.4, 0.5) is 0 Å². The Labute approximate surface area is 124 Å². The van der Waals surface area contributed by atoms with Gasteiger partial charge < -0.3 is 5.32 Å². The first-order valence-corrected chi connectivity index (χ1v) is 7.87. The standard InChI is InChI=1S/C18H30N2/c1-14(18(2,3)4)20(5)13-16-8-6-15(7-9-16)12-19-17-10-11-17/h6-9,14,17,19H,10-13H2,1-5H3. The van der Waals surface area contributed by atoms with E-state index in [9.17, 15) is 0 Å². The molecule has 112 valence electrons. The van der Waals surface area contributed by atoms with E-state index in [0.717, 1.165) is 19.1 Å². The van der Waals surface area contributed by atoms with E-state index in [1.54, 1.807) is 0 Å². The summed E-state index contributed by atoms with van der Waals surface area (Å²) in [7, 11) is 2.22. The lowest BCUT2D eigenvalue weighted by Crippen LogP contribution is -2.38. The molecular weight excluding hydrogens is 244 g/mol. The summed E-state index contributed by atoms with van der Waals surface area (Å²) in [6, 6.07) is 10.4. The van der Waals surface area contributed by atoms with Gasteiger partial charge in [-0.3, -0.25) is 4.90 Å². The molecule has 1 aliphatic carbocycles. The van der Waals surface area contributed by atoms with Gasteiger partial charge in [0.2, 0.25) is 0 Å². The maximum Gasteiger partial charge on any atom is 0.0233 e. The number of hydrogen-bond donors (Lipinski definition) is 1. The number of nitrogens with one attached hydrogen (secondary N) is 1. The summed E-state index contributed by atoms with van der Waals surface area (Å²) in [6.45, 7) is 11.3. The van der Waals surface area contributed by atoms with Gasteiger partial charge in [-0.15, -0.1) is 0 Å². The van der Waals surface area contributed by atoms with Crippen molar-refractivity contribution >= 4 is 0 Å². The smallest absolute Gasteiger partial charge is 0.0233 e. The molecule has 1 saturated carbocycles. The monoisotopic (exact) mass is 274 g/mol. The molecule has 0 aromatic heterocycles. The molecule has 2 heteroatoms. The molecule has 1 aromatic rings. The average molecular weight is 274 g/mol. The van der Waals surface area contributed by atoms with Crippen molar-refractivity contribution in [1.29, 1.82) is 0 Å². The molecule has 1 unspecified atom stereocenters. The van der Waals surface area contributed by atoms with Gasteiger partial charge in [0.05, 0.1) is 0 Å². The summed E-state index contributed by atoms with van der Waals surface area (Å²) in [5.74, 6) is 0. The Morgan fingerprint density at radius 2 is 1.70 bits per heavy atom. The fraction of sp³-hybridized carbons (Fsp3) is 0.667. The van der Waals surface area contributed by atoms with E-state index >= 15 is 0 Å². The first-order valence-electron chi connectivity index (χ1n) is 7.87. The summed E-state index contributed by atoms with van der Waals surface area (Å²) in [5.41, 5.74) is 3.12. The molecule has 0 saturated heterocycles. The van der Waals surface area contributed by atoms with Crippen LogP contribution in [0.2, 0.25) is 0 Å². The molecule has 1 aliphatic rings. The highest BCUT2D eigenvalue weighted by atomic mass is 15.1. The van der Waals surface area contributed by atoms with Crippen molar-refractivity contribution in [3.8, 4) is 0 Å². The van der Waals surface area contributed by atoms with Crippen molar-refractivity contribution in [1.82, 2.24) is 10.2 Å². The van der Waals surface area contributed by atoms with Crippen molar-refractivity contribution in [2.45, 2.75) is 65.7 Å². The van der Waals surface area contributed by atoms with Gasteiger partial charge in [0.25, 0.3) is 0 Å². The van der Waals surface area contributed by atoms with Crippen LogP contribution in [0.15, 0.2) is 24.3 Å². The fourth-order valence-electron chi connectivity index (χ4n) is 2.40. The third-order valence-corrected chi connectivity index (χ3v) is 4.54. The Bertz CT molecular complexity index is 412. The van der Waals surface area contributed by atoms with E-state index in [1.807, 2.05) is 0 Å². The van der Waals surface area contributed by atoms with Crippen LogP contribution >= 0.6 is 0 Å². The van der Waals surface area contributed by atoms with E-state index in [0.29, 0.717) is 11.5 Å². The molecule has 1 N–H and O–H groups in total. The third kappa shape index (κ3) is 4.60. The minimum atomic E-state index is 0.322. The molecule has 2 nitrogen and oxygen atoms in total. The van der Waals surface area contributed by atoms with Crippen molar-refractivity contribution < 1.29 is 0 Å². The van der Waals surface area contributed by atoms with Crippen LogP contribution in [0.1, 0.15) is 51.7 Å². The molecule has 20 heavy (non-hydrogen) atoms. The Kier molecular flexibility index (Phi) is 4.87. The van der Waals surface area contributed by atoms with Crippen LogP contribution in [0.3, 0.4) is 0 Å². The van der Waals surface area contributed by atoms with Crippen molar-refractivity contribution in [2.24, 2.45) is 5.41 Å². The van der Waals surface area contributed by atoms with Gasteiger partial charge in [-0.2, -0.15) is 0 Å². The number of rotatable bonds is 6. The second-order valence-corrected chi connectivity index (χ2v) is 7.43. The molecule has 0 bridgehead atoms. The zero-order chi connectivity index (χ0) is 14.8. The SMILES string of the molecule is CC(N(C)Cc1ccc(CNC2CC2)cc1)C(C)(C)C. The minimum Gasteiger partial charge on any atom is -0.310 e. The normalized spacial score (nSPS) is 17.5. The van der Waals surface area contributed by atoms with E-state index in [1.165, 1.54) is 24.0 Å². The van der Waals surface area contributed by atoms with Crippen molar-refractivity contribution in [3.05, 3.63) is 35.4 Å². The highest BCUT2D eigenvalue weighted by molar-refractivity contribution is 5.22. The first kappa shape index (κ1) is 15.5. The number of benzene rings is 1. The lowest BCUT2D eigenvalue weighted by molar-refractivity contribution is 0.134. The maximum absolute atomic E-state index is 3.56. The molecule has 1 fully saturated rings. The van der Waals surface area contributed by atoms with Crippen LogP contribution in [-0.4, -0.2) is 24.0 Å². The summed E-state index contributed by atoms with van der Waals surface area (Å²) in [5, 5.41) is 3.56. The van der Waals surface area contributed by atoms with E-state index in [2.05, 4.69) is 69.2 Å². The van der Waals surface area contributed by atoms with Gasteiger partial charge in [-0.05, 0) is 43.4 Å². The molecule has 0 radical (unpaired) electrons. The first-order chi connectivity index (χ1) is 9.36. The van der Waals surface area contributed by atoms with Crippen molar-refractivity contribution in [2.75, 3.05) is 7.05 Å². The molecule has 0 spiro atoms. The minimum absolute atomic E-state index is 0.322. The van der Waals surface area contributed by atoms with Gasteiger partial charge in [-0.1, -0.05) is 45.0 Å². The van der Waals surface area contributed by atoms with Gasteiger partial charge in [-0.25, -0.2) is 0 Å². The number of nitrogens with zero attached hydrogens (tertiary/aromatic N) is 1. The summed E-state index contributed by atoms with van der Waals surface area (Å²) < 4.78 is 0. The second kappa shape index (κ2) is 6.28. The molecule has 1 aromatic carbocycles. The van der Waals surface area contributed by atoms with Crippen molar-refractivity contribution in [3.63, 3.8) is 0 Å². The van der Waals surface area contributed by atoms with Gasteiger partial charge in [0.15, 0.2) is 0 Å². The average Bonchev–Trinajstić information content (AvgIpc) is 3.20. The van der Waals surface area contributed by atoms with E-state index in [4.69, 9.17) is 0 Å². The quantitative estimate of drug-likeness (QED) is 0.848. The van der Waals surface area contributed by atoms with Gasteiger partial charge >= 0.3 is 0 Å². The number of hydrogen-bond acceptors (Lipinski definition) is 2. The predicted octanol–water partition coefficient (Wildman–Crippen LogP) is 3.81. The van der Waals surface area contributed by atoms with Crippen LogP contribution in [0.25, 0.3) is 0 Å². The van der Waals surface area contributed by atoms with E-state index < -0.39 is 0 Å². The van der Waals surface area contributed by atoms with E-state index in [-0.39, 0.29) is 0 Å². The molecule has 0 heterocycles. The highest BCUT2D eigenvalue weighted by Gasteiger charge is 2.23. The Morgan fingerprint density at radius 3 is 2.20 bits per heavy atom. The summed E-state index contributed by atoms with van der Waals surface area (Å²) in [6.07, 6.45) is 2.71. The largest absolute Gasteiger partial charge is 0.310 e. The molecule has 0 amide bonds. The van der Waals surface area contributed by atoms with Crippen LogP contribution in [0.5, 0.6) is 0 Å². The Morgan fingerprint density at radius 1 is 1.15 bits per heavy atom. The third-order valence-electron chi connectivity index (χ3n) is 4.54. The highest BCUT2D eigenvalue weighted by Crippen LogP contribution is 2.24. The lowest BCUT2D eigenvalue weighted by Gasteiger charge is -2.35. The fourth-order valence-corrected chi connectivity index (χ4v) is 2.40. The van der Waals surface area contributed by atoms with Gasteiger partial charge in [0.1, 0.15) is 0 Å². The lowest BCUT2D eigenvalue weighted by atomic mass is 9.87. The Hall–Kier alpha value is -0.860. The van der Waals surface area contributed by atoms with Gasteiger partial charge in [0, 0.05) is 25.2 Å². The van der Waals surface area contributed by atoms with Crippen LogP contribution in [0, 0.1) is 5.41 Å². The zero-order valence-corrected chi connectivity index (χ0v) is 13.7. The topological polar surface area (TPSA) is 15.3 Å². The van der Waals surface area contributed by atoms with Crippen LogP contribution < -0.4 is 5.32 Å². The summed E-state index contributed by atoms with van der Waals surface area (Å²) in [4.78, 5) is 2.44. The molecule has 1 atom stereocenters. The molecular formula is C18H30N2. The predicted molar refractivity (Wildman–Crippen MR) is 86.7 cm³/mol. The zero-order valence-electron chi connectivity index (χ0n) is 13.7. The maximum atomic E-state index is 3.56. The Balaban J connectivity index is 1.85. The molecule has 2 rings (SSSR count).